The molecule has 2 aromatic heterocycles. The maximum absolute atomic E-state index is 12.6. The molecule has 0 radical (unpaired) electrons. The van der Waals surface area contributed by atoms with Gasteiger partial charge in [0.25, 0.3) is 0 Å². The van der Waals surface area contributed by atoms with E-state index in [1.807, 2.05) is 24.2 Å². The Morgan fingerprint density at radius 1 is 1.26 bits per heavy atom. The minimum atomic E-state index is 0.110. The van der Waals surface area contributed by atoms with E-state index in [1.54, 1.807) is 10.9 Å². The molecule has 9 nitrogen and oxygen atoms in total. The minimum Gasteiger partial charge on any atom is -0.379 e. The molecule has 0 saturated carbocycles. The molecule has 0 spiro atoms. The number of rotatable bonds is 5. The summed E-state index contributed by atoms with van der Waals surface area (Å²) in [6.07, 6.45) is 5.54. The predicted molar refractivity (Wildman–Crippen MR) is 97.9 cm³/mol. The highest BCUT2D eigenvalue weighted by molar-refractivity contribution is 5.76. The van der Waals surface area contributed by atoms with Gasteiger partial charge in [0.2, 0.25) is 5.91 Å². The monoisotopic (exact) mass is 373 g/mol. The van der Waals surface area contributed by atoms with Crippen LogP contribution in [-0.2, 0) is 29.7 Å². The predicted octanol–water partition coefficient (Wildman–Crippen LogP) is 0.250. The van der Waals surface area contributed by atoms with Crippen LogP contribution in [0.2, 0.25) is 0 Å². The maximum atomic E-state index is 12.6. The highest BCUT2D eigenvalue weighted by Gasteiger charge is 2.28. The largest absolute Gasteiger partial charge is 0.379 e. The normalized spacial score (nSPS) is 21.5. The van der Waals surface area contributed by atoms with Crippen LogP contribution in [0.15, 0.2) is 18.5 Å². The number of amides is 1. The van der Waals surface area contributed by atoms with Crippen LogP contribution >= 0.6 is 0 Å². The second-order valence-corrected chi connectivity index (χ2v) is 7.30. The fraction of sp³-hybridized carbons (Fsp3) is 0.667. The number of carbonyl (C=O) groups is 1. The number of aromatic nitrogens is 5. The summed E-state index contributed by atoms with van der Waals surface area (Å²) in [5.74, 6) is 2.30. The van der Waals surface area contributed by atoms with Crippen molar-refractivity contribution in [2.24, 2.45) is 7.05 Å². The van der Waals surface area contributed by atoms with E-state index in [-0.39, 0.29) is 11.8 Å². The minimum absolute atomic E-state index is 0.110. The second-order valence-electron chi connectivity index (χ2n) is 7.30. The van der Waals surface area contributed by atoms with E-state index in [9.17, 15) is 4.79 Å². The third-order valence-electron chi connectivity index (χ3n) is 5.46. The third kappa shape index (κ3) is 4.19. The van der Waals surface area contributed by atoms with Gasteiger partial charge in [0.05, 0.1) is 19.8 Å². The van der Waals surface area contributed by atoms with E-state index in [0.717, 1.165) is 63.9 Å². The molecule has 2 aromatic rings. The third-order valence-corrected chi connectivity index (χ3v) is 5.46. The lowest BCUT2D eigenvalue weighted by Gasteiger charge is -2.32. The molecule has 0 bridgehead atoms. The Morgan fingerprint density at radius 2 is 2.11 bits per heavy atom. The lowest BCUT2D eigenvalue weighted by molar-refractivity contribution is -0.133. The average Bonchev–Trinajstić information content (AvgIpc) is 3.33. The molecular formula is C18H27N7O2. The zero-order chi connectivity index (χ0) is 18.6. The number of hydrogen-bond acceptors (Lipinski definition) is 6. The molecule has 27 heavy (non-hydrogen) atoms. The summed E-state index contributed by atoms with van der Waals surface area (Å²) in [7, 11) is 2.04. The van der Waals surface area contributed by atoms with Crippen LogP contribution in [0, 0.1) is 0 Å². The summed E-state index contributed by atoms with van der Waals surface area (Å²) < 4.78 is 9.20. The summed E-state index contributed by atoms with van der Waals surface area (Å²) in [4.78, 5) is 16.9. The summed E-state index contributed by atoms with van der Waals surface area (Å²) >= 11 is 0. The van der Waals surface area contributed by atoms with Gasteiger partial charge in [-0.25, -0.2) is 0 Å². The standard InChI is InChI=1S/C18H27N7O2/c1-22-16(13-23-8-10-27-11-9-23)20-21-18(22)15-4-2-6-24(12-15)17(26)14-25-7-3-5-19-25/h3,5,7,15H,2,4,6,8-14H2,1H3/t15-/m0/s1. The van der Waals surface area contributed by atoms with Crippen molar-refractivity contribution < 1.29 is 9.53 Å². The van der Waals surface area contributed by atoms with Gasteiger partial charge in [0, 0.05) is 51.5 Å². The van der Waals surface area contributed by atoms with Crippen molar-refractivity contribution in [3.8, 4) is 0 Å². The molecule has 4 rings (SSSR count). The first-order chi connectivity index (χ1) is 13.2. The summed E-state index contributed by atoms with van der Waals surface area (Å²) in [5, 5.41) is 13.0. The van der Waals surface area contributed by atoms with Crippen LogP contribution in [0.3, 0.4) is 0 Å². The summed E-state index contributed by atoms with van der Waals surface area (Å²) in [5.41, 5.74) is 0. The van der Waals surface area contributed by atoms with Crippen molar-refractivity contribution in [2.75, 3.05) is 39.4 Å². The number of morpholine rings is 1. The Hall–Kier alpha value is -2.26. The Bertz CT molecular complexity index is 752. The van der Waals surface area contributed by atoms with E-state index in [1.165, 1.54) is 0 Å². The van der Waals surface area contributed by atoms with Crippen LogP contribution in [0.25, 0.3) is 0 Å². The van der Waals surface area contributed by atoms with Gasteiger partial charge in [-0.05, 0) is 18.9 Å². The zero-order valence-corrected chi connectivity index (χ0v) is 15.8. The summed E-state index contributed by atoms with van der Waals surface area (Å²) in [6, 6.07) is 1.84. The van der Waals surface area contributed by atoms with Gasteiger partial charge in [-0.3, -0.25) is 14.4 Å². The number of ether oxygens (including phenoxy) is 1. The molecule has 2 aliphatic heterocycles. The maximum Gasteiger partial charge on any atom is 0.244 e. The quantitative estimate of drug-likeness (QED) is 0.747. The van der Waals surface area contributed by atoms with Gasteiger partial charge < -0.3 is 14.2 Å². The molecular weight excluding hydrogens is 346 g/mol. The zero-order valence-electron chi connectivity index (χ0n) is 15.8. The molecule has 4 heterocycles. The molecule has 0 N–H and O–H groups in total. The molecule has 2 saturated heterocycles. The van der Waals surface area contributed by atoms with Crippen molar-refractivity contribution in [3.05, 3.63) is 30.1 Å². The summed E-state index contributed by atoms with van der Waals surface area (Å²) in [6.45, 7) is 6.00. The number of nitrogens with zero attached hydrogens (tertiary/aromatic N) is 7. The Balaban J connectivity index is 1.39. The topological polar surface area (TPSA) is 81.3 Å². The molecule has 0 aromatic carbocycles. The smallest absolute Gasteiger partial charge is 0.244 e. The average molecular weight is 373 g/mol. The van der Waals surface area contributed by atoms with E-state index < -0.39 is 0 Å². The van der Waals surface area contributed by atoms with Crippen molar-refractivity contribution >= 4 is 5.91 Å². The Labute approximate surface area is 158 Å². The van der Waals surface area contributed by atoms with Crippen molar-refractivity contribution in [1.29, 1.82) is 0 Å². The van der Waals surface area contributed by atoms with Crippen LogP contribution in [-0.4, -0.2) is 79.6 Å². The number of hydrogen-bond donors (Lipinski definition) is 0. The first kappa shape index (κ1) is 18.1. The number of carbonyl (C=O) groups excluding carboxylic acids is 1. The van der Waals surface area contributed by atoms with Crippen molar-refractivity contribution in [2.45, 2.75) is 31.8 Å². The SMILES string of the molecule is Cn1c(CN2CCOCC2)nnc1[C@H]1CCCN(C(=O)Cn2cccn2)C1. The van der Waals surface area contributed by atoms with E-state index in [4.69, 9.17) is 4.74 Å². The highest BCUT2D eigenvalue weighted by Crippen LogP contribution is 2.26. The molecule has 2 fully saturated rings. The van der Waals surface area contributed by atoms with Crippen LogP contribution in [0.1, 0.15) is 30.4 Å². The molecule has 1 atom stereocenters. The van der Waals surface area contributed by atoms with E-state index >= 15 is 0 Å². The highest BCUT2D eigenvalue weighted by atomic mass is 16.5. The molecule has 146 valence electrons. The number of likely N-dealkylation sites (tertiary alicyclic amines) is 1. The van der Waals surface area contributed by atoms with Gasteiger partial charge in [-0.1, -0.05) is 0 Å². The van der Waals surface area contributed by atoms with Gasteiger partial charge in [0.1, 0.15) is 18.2 Å². The van der Waals surface area contributed by atoms with Gasteiger partial charge in [-0.2, -0.15) is 5.10 Å². The lowest BCUT2D eigenvalue weighted by atomic mass is 9.97. The van der Waals surface area contributed by atoms with E-state index in [2.05, 4.69) is 24.8 Å². The lowest BCUT2D eigenvalue weighted by Crippen LogP contribution is -2.41. The fourth-order valence-corrected chi connectivity index (χ4v) is 3.87. The molecule has 2 aliphatic rings. The number of piperidine rings is 1. The Morgan fingerprint density at radius 3 is 2.89 bits per heavy atom. The van der Waals surface area contributed by atoms with Crippen molar-refractivity contribution in [3.63, 3.8) is 0 Å². The van der Waals surface area contributed by atoms with Gasteiger partial charge in [0.15, 0.2) is 0 Å². The van der Waals surface area contributed by atoms with Gasteiger partial charge >= 0.3 is 0 Å². The first-order valence-electron chi connectivity index (χ1n) is 9.64. The van der Waals surface area contributed by atoms with Crippen LogP contribution in [0.5, 0.6) is 0 Å². The van der Waals surface area contributed by atoms with Crippen molar-refractivity contribution in [1.82, 2.24) is 34.3 Å². The van der Waals surface area contributed by atoms with Crippen LogP contribution < -0.4 is 0 Å². The molecule has 1 amide bonds. The fourth-order valence-electron chi connectivity index (χ4n) is 3.87. The van der Waals surface area contributed by atoms with Crippen LogP contribution in [0.4, 0.5) is 0 Å². The van der Waals surface area contributed by atoms with E-state index in [0.29, 0.717) is 13.1 Å². The molecule has 9 heteroatoms. The second kappa shape index (κ2) is 8.18. The molecule has 0 unspecified atom stereocenters. The van der Waals surface area contributed by atoms with Gasteiger partial charge in [-0.15, -0.1) is 10.2 Å². The first-order valence-corrected chi connectivity index (χ1v) is 9.64. The Kier molecular flexibility index (Phi) is 5.49. The molecule has 0 aliphatic carbocycles.